The summed E-state index contributed by atoms with van der Waals surface area (Å²) in [6.45, 7) is 0. The van der Waals surface area contributed by atoms with Gasteiger partial charge < -0.3 is 0 Å². The van der Waals surface area contributed by atoms with Crippen LogP contribution in [0.2, 0.25) is 0 Å². The van der Waals surface area contributed by atoms with Crippen molar-refractivity contribution < 1.29 is 9.59 Å². The molecule has 0 spiro atoms. The van der Waals surface area contributed by atoms with Gasteiger partial charge in [-0.3, -0.25) is 0 Å². The van der Waals surface area contributed by atoms with Crippen LogP contribution in [0.5, 0.6) is 0 Å². The molecule has 0 saturated carbocycles. The SMILES string of the molecule is N#Cc1cccc2n[nH]nc12.O=C=O. The number of H-pyrrole nitrogens is 1. The van der Waals surface area contributed by atoms with Crippen LogP contribution in [0.1, 0.15) is 5.56 Å². The highest BCUT2D eigenvalue weighted by molar-refractivity contribution is 5.79. The van der Waals surface area contributed by atoms with Gasteiger partial charge in [-0.1, -0.05) is 6.07 Å². The second-order valence-electron chi connectivity index (χ2n) is 2.19. The number of para-hydroxylation sites is 1. The minimum atomic E-state index is 0.250. The van der Waals surface area contributed by atoms with Crippen molar-refractivity contribution in [3.05, 3.63) is 23.8 Å². The zero-order valence-electron chi connectivity index (χ0n) is 6.89. The number of fused-ring (bicyclic) bond motifs is 1. The van der Waals surface area contributed by atoms with E-state index in [4.69, 9.17) is 14.9 Å². The number of hydrogen-bond acceptors (Lipinski definition) is 5. The van der Waals surface area contributed by atoms with Gasteiger partial charge in [0.05, 0.1) is 5.56 Å². The first kappa shape index (κ1) is 9.58. The molecule has 1 N–H and O–H groups in total. The van der Waals surface area contributed by atoms with Gasteiger partial charge in [-0.15, -0.1) is 0 Å². The number of aromatic amines is 1. The fourth-order valence-electron chi connectivity index (χ4n) is 0.958. The predicted octanol–water partition coefficient (Wildman–Crippen LogP) is 0.246. The normalized spacial score (nSPS) is 8.21. The molecular weight excluding hydrogens is 184 g/mol. The number of benzene rings is 1. The molecule has 1 aromatic carbocycles. The first-order chi connectivity index (χ1) is 6.83. The number of nitriles is 1. The van der Waals surface area contributed by atoms with E-state index in [1.807, 2.05) is 6.07 Å². The van der Waals surface area contributed by atoms with E-state index in [0.29, 0.717) is 11.1 Å². The van der Waals surface area contributed by atoms with Gasteiger partial charge in [-0.25, -0.2) is 0 Å². The number of nitrogens with zero attached hydrogens (tertiary/aromatic N) is 3. The van der Waals surface area contributed by atoms with Crippen molar-refractivity contribution in [2.75, 3.05) is 0 Å². The van der Waals surface area contributed by atoms with Crippen molar-refractivity contribution in [3.63, 3.8) is 0 Å². The van der Waals surface area contributed by atoms with Crippen molar-refractivity contribution in [1.29, 1.82) is 5.26 Å². The third-order valence-electron chi connectivity index (χ3n) is 1.47. The molecule has 0 fully saturated rings. The van der Waals surface area contributed by atoms with Gasteiger partial charge >= 0.3 is 6.15 Å². The second-order valence-corrected chi connectivity index (χ2v) is 2.19. The van der Waals surface area contributed by atoms with Gasteiger partial charge in [0.1, 0.15) is 17.1 Å². The third-order valence-corrected chi connectivity index (χ3v) is 1.47. The van der Waals surface area contributed by atoms with E-state index in [-0.39, 0.29) is 6.15 Å². The van der Waals surface area contributed by atoms with E-state index in [9.17, 15) is 0 Å². The smallest absolute Gasteiger partial charge is 0.197 e. The molecule has 0 saturated heterocycles. The van der Waals surface area contributed by atoms with Crippen LogP contribution < -0.4 is 0 Å². The lowest BCUT2D eigenvalue weighted by Crippen LogP contribution is -1.76. The predicted molar refractivity (Wildman–Crippen MR) is 43.6 cm³/mol. The Morgan fingerprint density at radius 3 is 2.64 bits per heavy atom. The summed E-state index contributed by atoms with van der Waals surface area (Å²) in [4.78, 5) is 16.2. The lowest BCUT2D eigenvalue weighted by atomic mass is 10.2. The van der Waals surface area contributed by atoms with Crippen molar-refractivity contribution in [1.82, 2.24) is 15.4 Å². The molecule has 68 valence electrons. The maximum Gasteiger partial charge on any atom is 0.373 e. The maximum atomic E-state index is 8.62. The van der Waals surface area contributed by atoms with Gasteiger partial charge in [0, 0.05) is 0 Å². The van der Waals surface area contributed by atoms with Gasteiger partial charge in [0.25, 0.3) is 0 Å². The Balaban J connectivity index is 0.000000293. The quantitative estimate of drug-likeness (QED) is 0.638. The molecule has 1 aromatic heterocycles. The number of hydrogen-bond donors (Lipinski definition) is 1. The highest BCUT2D eigenvalue weighted by Gasteiger charge is 2.01. The van der Waals surface area contributed by atoms with Gasteiger partial charge in [0.2, 0.25) is 0 Å². The molecule has 14 heavy (non-hydrogen) atoms. The van der Waals surface area contributed by atoms with Crippen molar-refractivity contribution in [3.8, 4) is 6.07 Å². The first-order valence-corrected chi connectivity index (χ1v) is 3.52. The Bertz CT molecular complexity index is 505. The molecule has 1 heterocycles. The summed E-state index contributed by atoms with van der Waals surface area (Å²) in [5.41, 5.74) is 1.91. The molecule has 0 aliphatic heterocycles. The molecule has 0 amide bonds. The van der Waals surface area contributed by atoms with Crippen LogP contribution in [0.25, 0.3) is 11.0 Å². The number of aromatic nitrogens is 3. The monoisotopic (exact) mass is 188 g/mol. The molecule has 2 rings (SSSR count). The zero-order chi connectivity index (χ0) is 10.4. The molecule has 2 aromatic rings. The van der Waals surface area contributed by atoms with Crippen LogP contribution in [0, 0.1) is 11.3 Å². The first-order valence-electron chi connectivity index (χ1n) is 3.52. The Hall–Kier alpha value is -2.51. The van der Waals surface area contributed by atoms with Gasteiger partial charge in [0.15, 0.2) is 0 Å². The molecule has 0 aliphatic carbocycles. The van der Waals surface area contributed by atoms with Crippen molar-refractivity contribution in [2.45, 2.75) is 0 Å². The summed E-state index contributed by atoms with van der Waals surface area (Å²) in [6.07, 6.45) is 0.250. The Morgan fingerprint density at radius 2 is 2.00 bits per heavy atom. The third kappa shape index (κ3) is 1.80. The Labute approximate surface area is 78.1 Å². The van der Waals surface area contributed by atoms with Crippen molar-refractivity contribution in [2.24, 2.45) is 0 Å². The second kappa shape index (κ2) is 4.50. The fourth-order valence-corrected chi connectivity index (χ4v) is 0.958. The number of rotatable bonds is 0. The van der Waals surface area contributed by atoms with Gasteiger partial charge in [-0.2, -0.15) is 30.3 Å². The van der Waals surface area contributed by atoms with Crippen LogP contribution in [-0.4, -0.2) is 21.6 Å². The van der Waals surface area contributed by atoms with Gasteiger partial charge in [-0.05, 0) is 12.1 Å². The number of nitrogens with one attached hydrogen (secondary N) is 1. The highest BCUT2D eigenvalue weighted by atomic mass is 16.2. The summed E-state index contributed by atoms with van der Waals surface area (Å²) in [5, 5.41) is 18.8. The molecule has 6 nitrogen and oxygen atoms in total. The van der Waals surface area contributed by atoms with Crippen LogP contribution >= 0.6 is 0 Å². The summed E-state index contributed by atoms with van der Waals surface area (Å²) in [7, 11) is 0. The van der Waals surface area contributed by atoms with E-state index >= 15 is 0 Å². The lowest BCUT2D eigenvalue weighted by molar-refractivity contribution is -0.191. The van der Waals surface area contributed by atoms with Crippen molar-refractivity contribution >= 4 is 17.2 Å². The topological polar surface area (TPSA) is 99.5 Å². The average Bonchev–Trinajstić information content (AvgIpc) is 2.66. The average molecular weight is 188 g/mol. The Kier molecular flexibility index (Phi) is 3.08. The largest absolute Gasteiger partial charge is 0.373 e. The van der Waals surface area contributed by atoms with E-state index in [1.165, 1.54) is 0 Å². The van der Waals surface area contributed by atoms with Crippen LogP contribution in [-0.2, 0) is 9.59 Å². The lowest BCUT2D eigenvalue weighted by Gasteiger charge is -1.85. The Morgan fingerprint density at radius 1 is 1.29 bits per heavy atom. The molecular formula is C8H4N4O2. The van der Waals surface area contributed by atoms with E-state index in [1.54, 1.807) is 18.2 Å². The molecule has 0 atom stereocenters. The molecule has 0 unspecified atom stereocenters. The minimum Gasteiger partial charge on any atom is -0.197 e. The maximum absolute atomic E-state index is 8.62. The molecule has 6 heteroatoms. The van der Waals surface area contributed by atoms with Crippen LogP contribution in [0.15, 0.2) is 18.2 Å². The fraction of sp³-hybridized carbons (Fsp3) is 0. The highest BCUT2D eigenvalue weighted by Crippen LogP contribution is 2.11. The summed E-state index contributed by atoms with van der Waals surface area (Å²) in [6, 6.07) is 7.33. The van der Waals surface area contributed by atoms with Crippen LogP contribution in [0.4, 0.5) is 0 Å². The number of carbonyl (C=O) groups excluding carboxylic acids is 2. The van der Waals surface area contributed by atoms with E-state index in [0.717, 1.165) is 5.52 Å². The van der Waals surface area contributed by atoms with E-state index in [2.05, 4.69) is 15.4 Å². The van der Waals surface area contributed by atoms with Crippen LogP contribution in [0.3, 0.4) is 0 Å². The standard InChI is InChI=1S/C7H4N4.CO2/c8-4-5-2-1-3-6-7(5)10-11-9-6;2-1-3/h1-3H,(H,9,10,11);. The summed E-state index contributed by atoms with van der Waals surface area (Å²) >= 11 is 0. The molecule has 0 radical (unpaired) electrons. The minimum absolute atomic E-state index is 0.250. The van der Waals surface area contributed by atoms with E-state index < -0.39 is 0 Å². The zero-order valence-corrected chi connectivity index (χ0v) is 6.89. The summed E-state index contributed by atoms with van der Waals surface area (Å²) < 4.78 is 0. The molecule has 0 aliphatic rings. The molecule has 0 bridgehead atoms. The summed E-state index contributed by atoms with van der Waals surface area (Å²) in [5.74, 6) is 0.